The molecule has 3 aromatic carbocycles. The lowest BCUT2D eigenvalue weighted by atomic mass is 9.88. The first kappa shape index (κ1) is 20.8. The first-order chi connectivity index (χ1) is 16.2. The van der Waals surface area contributed by atoms with Gasteiger partial charge >= 0.3 is 35.8 Å². The molecule has 0 unspecified atom stereocenters. The number of hydrogen-bond donors (Lipinski definition) is 2. The molecule has 3 aromatic rings. The maximum absolute atomic E-state index is 12.3. The number of carboxylic acid groups (broad SMARTS) is 2. The van der Waals surface area contributed by atoms with Crippen LogP contribution < -0.4 is 0 Å². The van der Waals surface area contributed by atoms with Crippen molar-refractivity contribution in [3.05, 3.63) is 81.9 Å². The molecule has 2 aliphatic rings. The van der Waals surface area contributed by atoms with Crippen molar-refractivity contribution < 1.29 is 48.5 Å². The zero-order chi connectivity index (χ0) is 24.3. The summed E-state index contributed by atoms with van der Waals surface area (Å²) in [5.74, 6) is -6.46. The molecule has 0 saturated heterocycles. The van der Waals surface area contributed by atoms with Crippen molar-refractivity contribution in [1.29, 1.82) is 0 Å². The Kier molecular flexibility index (Phi) is 4.40. The lowest BCUT2D eigenvalue weighted by Gasteiger charge is -2.13. The highest BCUT2D eigenvalue weighted by molar-refractivity contribution is 6.21. The number of benzene rings is 3. The van der Waals surface area contributed by atoms with Gasteiger partial charge in [0, 0.05) is 11.1 Å². The molecule has 0 amide bonds. The summed E-state index contributed by atoms with van der Waals surface area (Å²) in [5, 5.41) is 19.2. The molecule has 0 aromatic heterocycles. The molecule has 10 nitrogen and oxygen atoms in total. The molecule has 0 spiro atoms. The Morgan fingerprint density at radius 3 is 1.18 bits per heavy atom. The Labute approximate surface area is 189 Å². The summed E-state index contributed by atoms with van der Waals surface area (Å²) in [4.78, 5) is 72.0. The van der Waals surface area contributed by atoms with Crippen LogP contribution in [0.3, 0.4) is 0 Å². The van der Waals surface area contributed by atoms with Gasteiger partial charge in [-0.2, -0.15) is 0 Å². The van der Waals surface area contributed by atoms with Gasteiger partial charge < -0.3 is 19.7 Å². The molecule has 10 heteroatoms. The number of carboxylic acids is 2. The number of hydrogen-bond acceptors (Lipinski definition) is 8. The first-order valence-electron chi connectivity index (χ1n) is 9.63. The van der Waals surface area contributed by atoms with Crippen LogP contribution in [0.25, 0.3) is 22.3 Å². The molecule has 0 fully saturated rings. The Bertz CT molecular complexity index is 1400. The molecule has 2 N–H and O–H groups in total. The van der Waals surface area contributed by atoms with E-state index in [1.165, 1.54) is 48.5 Å². The van der Waals surface area contributed by atoms with E-state index in [9.17, 15) is 39.0 Å². The van der Waals surface area contributed by atoms with E-state index in [1.807, 2.05) is 0 Å². The molecule has 0 bridgehead atoms. The van der Waals surface area contributed by atoms with Crippen LogP contribution in [0, 0.1) is 0 Å². The third-order valence-electron chi connectivity index (χ3n) is 5.55. The molecule has 2 heterocycles. The van der Waals surface area contributed by atoms with E-state index in [-0.39, 0.29) is 55.6 Å². The summed E-state index contributed by atoms with van der Waals surface area (Å²) in [5.41, 5.74) is -0.678. The normalized spacial score (nSPS) is 13.9. The molecule has 0 radical (unpaired) electrons. The van der Waals surface area contributed by atoms with Crippen LogP contribution in [0.1, 0.15) is 62.1 Å². The van der Waals surface area contributed by atoms with E-state index >= 15 is 0 Å². The minimum Gasteiger partial charge on any atom is -0.478 e. The minimum atomic E-state index is -1.34. The number of esters is 4. The number of cyclic esters (lactones) is 4. The van der Waals surface area contributed by atoms with E-state index < -0.39 is 35.8 Å². The summed E-state index contributed by atoms with van der Waals surface area (Å²) >= 11 is 0. The Morgan fingerprint density at radius 1 is 0.500 bits per heavy atom. The second-order valence-corrected chi connectivity index (χ2v) is 7.36. The Morgan fingerprint density at radius 2 is 0.853 bits per heavy atom. The Hall–Kier alpha value is -5.12. The number of ether oxygens (including phenoxy) is 2. The number of carbonyl (C=O) groups is 6. The number of aromatic carboxylic acids is 2. The standard InChI is InChI=1S/C24H10O10/c25-19(26)11-5-7-13-17(23(31)33-21(13)29)15(11)9-1-2-10(4-3-9)16-12(20(27)28)6-8-14-18(16)24(32)34-22(14)30/h1-8H,(H,25,26)(H,27,28). The number of fused-ring (bicyclic) bond motifs is 2. The van der Waals surface area contributed by atoms with E-state index in [1.54, 1.807) is 0 Å². The topological polar surface area (TPSA) is 161 Å². The van der Waals surface area contributed by atoms with Gasteiger partial charge in [-0.1, -0.05) is 24.3 Å². The molecule has 166 valence electrons. The summed E-state index contributed by atoms with van der Waals surface area (Å²) in [6.45, 7) is 0. The highest BCUT2D eigenvalue weighted by atomic mass is 16.6. The smallest absolute Gasteiger partial charge is 0.347 e. The maximum atomic E-state index is 12.3. The molecule has 0 atom stereocenters. The van der Waals surface area contributed by atoms with Gasteiger partial charge in [-0.15, -0.1) is 0 Å². The summed E-state index contributed by atoms with van der Waals surface area (Å²) in [6, 6.07) is 10.4. The van der Waals surface area contributed by atoms with Gasteiger partial charge in [0.05, 0.1) is 33.4 Å². The third kappa shape index (κ3) is 2.89. The zero-order valence-corrected chi connectivity index (χ0v) is 16.8. The van der Waals surface area contributed by atoms with Gasteiger partial charge in [-0.3, -0.25) is 0 Å². The molecular weight excluding hydrogens is 448 g/mol. The van der Waals surface area contributed by atoms with Crippen molar-refractivity contribution in [2.24, 2.45) is 0 Å². The lowest BCUT2D eigenvalue weighted by molar-refractivity contribution is 0.0426. The van der Waals surface area contributed by atoms with Crippen LogP contribution in [0.4, 0.5) is 0 Å². The highest BCUT2D eigenvalue weighted by Crippen LogP contribution is 2.38. The van der Waals surface area contributed by atoms with Crippen LogP contribution >= 0.6 is 0 Å². The predicted octanol–water partition coefficient (Wildman–Crippen LogP) is 3.04. The van der Waals surface area contributed by atoms with Gasteiger partial charge in [0.25, 0.3) is 0 Å². The highest BCUT2D eigenvalue weighted by Gasteiger charge is 2.37. The average Bonchev–Trinajstić information content (AvgIpc) is 3.26. The number of rotatable bonds is 4. The van der Waals surface area contributed by atoms with Crippen molar-refractivity contribution in [1.82, 2.24) is 0 Å². The second-order valence-electron chi connectivity index (χ2n) is 7.36. The number of carbonyl (C=O) groups excluding carboxylic acids is 4. The van der Waals surface area contributed by atoms with Crippen LogP contribution in [0.15, 0.2) is 48.5 Å². The quantitative estimate of drug-likeness (QED) is 0.439. The SMILES string of the molecule is O=C1OC(=O)c2c1ccc(C(=O)O)c2-c1ccc(-c2c(C(=O)O)ccc3c2C(=O)OC3=O)cc1. The fourth-order valence-electron chi connectivity index (χ4n) is 4.11. The van der Waals surface area contributed by atoms with Crippen LogP contribution in [0.2, 0.25) is 0 Å². The van der Waals surface area contributed by atoms with E-state index in [4.69, 9.17) is 0 Å². The zero-order valence-electron chi connectivity index (χ0n) is 16.8. The van der Waals surface area contributed by atoms with Gasteiger partial charge in [-0.05, 0) is 35.4 Å². The fourth-order valence-corrected chi connectivity index (χ4v) is 4.11. The fraction of sp³-hybridized carbons (Fsp3) is 0. The second kappa shape index (κ2) is 7.20. The van der Waals surface area contributed by atoms with Crippen LogP contribution in [0.5, 0.6) is 0 Å². The summed E-state index contributed by atoms with van der Waals surface area (Å²) in [7, 11) is 0. The predicted molar refractivity (Wildman–Crippen MR) is 111 cm³/mol. The summed E-state index contributed by atoms with van der Waals surface area (Å²) < 4.78 is 9.23. The minimum absolute atomic E-state index is 0.0428. The van der Waals surface area contributed by atoms with Crippen molar-refractivity contribution in [3.8, 4) is 22.3 Å². The van der Waals surface area contributed by atoms with Gasteiger partial charge in [0.2, 0.25) is 0 Å². The maximum Gasteiger partial charge on any atom is 0.347 e. The largest absolute Gasteiger partial charge is 0.478 e. The first-order valence-corrected chi connectivity index (χ1v) is 9.63. The van der Waals surface area contributed by atoms with E-state index in [2.05, 4.69) is 9.47 Å². The molecule has 0 aliphatic carbocycles. The Balaban J connectivity index is 1.72. The van der Waals surface area contributed by atoms with E-state index in [0.717, 1.165) is 0 Å². The summed E-state index contributed by atoms with van der Waals surface area (Å²) in [6.07, 6.45) is 0. The monoisotopic (exact) mass is 458 g/mol. The van der Waals surface area contributed by atoms with Crippen molar-refractivity contribution in [2.75, 3.05) is 0 Å². The lowest BCUT2D eigenvalue weighted by Crippen LogP contribution is -2.07. The molecule has 2 aliphatic heterocycles. The molecule has 0 saturated carbocycles. The molecular formula is C24H10O10. The van der Waals surface area contributed by atoms with Crippen molar-refractivity contribution in [2.45, 2.75) is 0 Å². The van der Waals surface area contributed by atoms with E-state index in [0.29, 0.717) is 0 Å². The van der Waals surface area contributed by atoms with Crippen molar-refractivity contribution >= 4 is 35.8 Å². The molecule has 34 heavy (non-hydrogen) atoms. The third-order valence-corrected chi connectivity index (χ3v) is 5.55. The van der Waals surface area contributed by atoms with Crippen LogP contribution in [-0.4, -0.2) is 46.0 Å². The van der Waals surface area contributed by atoms with Crippen molar-refractivity contribution in [3.63, 3.8) is 0 Å². The van der Waals surface area contributed by atoms with Crippen LogP contribution in [-0.2, 0) is 9.47 Å². The van der Waals surface area contributed by atoms with Gasteiger partial charge in [0.15, 0.2) is 0 Å². The van der Waals surface area contributed by atoms with Gasteiger partial charge in [0.1, 0.15) is 0 Å². The average molecular weight is 458 g/mol. The van der Waals surface area contributed by atoms with Gasteiger partial charge in [-0.25, -0.2) is 28.8 Å². The molecule has 5 rings (SSSR count).